The van der Waals surface area contributed by atoms with Crippen molar-refractivity contribution >= 4 is 17.6 Å². The third-order valence-corrected chi connectivity index (χ3v) is 3.11. The van der Waals surface area contributed by atoms with Crippen molar-refractivity contribution in [2.24, 2.45) is 0 Å². The SMILES string of the molecule is Cc1nn(C(=O)NC(C)C)c(C)c1Oc1ccc(Cl)cc1. The van der Waals surface area contributed by atoms with Gasteiger partial charge in [0, 0.05) is 11.1 Å². The van der Waals surface area contributed by atoms with Crippen molar-refractivity contribution in [2.75, 3.05) is 0 Å². The summed E-state index contributed by atoms with van der Waals surface area (Å²) in [6.07, 6.45) is 0. The van der Waals surface area contributed by atoms with E-state index in [1.807, 2.05) is 13.8 Å². The number of aromatic nitrogens is 2. The zero-order valence-electron chi connectivity index (χ0n) is 12.5. The van der Waals surface area contributed by atoms with Crippen LogP contribution in [0, 0.1) is 13.8 Å². The maximum absolute atomic E-state index is 12.1. The third-order valence-electron chi connectivity index (χ3n) is 2.86. The number of benzene rings is 1. The molecule has 0 saturated heterocycles. The van der Waals surface area contributed by atoms with Crippen molar-refractivity contribution in [1.29, 1.82) is 0 Å². The lowest BCUT2D eigenvalue weighted by Gasteiger charge is -2.09. The highest BCUT2D eigenvalue weighted by Gasteiger charge is 2.18. The lowest BCUT2D eigenvalue weighted by Crippen LogP contribution is -2.35. The van der Waals surface area contributed by atoms with E-state index in [1.54, 1.807) is 38.1 Å². The molecule has 0 fully saturated rings. The van der Waals surface area contributed by atoms with Crippen molar-refractivity contribution in [1.82, 2.24) is 15.1 Å². The first-order valence-corrected chi connectivity index (χ1v) is 7.06. The molecule has 2 aromatic rings. The number of halogens is 1. The van der Waals surface area contributed by atoms with Gasteiger partial charge in [0.1, 0.15) is 11.4 Å². The highest BCUT2D eigenvalue weighted by atomic mass is 35.5. The lowest BCUT2D eigenvalue weighted by atomic mass is 10.3. The van der Waals surface area contributed by atoms with Gasteiger partial charge in [-0.2, -0.15) is 9.78 Å². The Bertz CT molecular complexity index is 648. The first-order valence-electron chi connectivity index (χ1n) is 6.69. The number of carbonyl (C=O) groups excluding carboxylic acids is 1. The molecule has 1 N–H and O–H groups in total. The summed E-state index contributed by atoms with van der Waals surface area (Å²) in [5.74, 6) is 1.23. The van der Waals surface area contributed by atoms with Gasteiger partial charge in [-0.25, -0.2) is 4.79 Å². The maximum atomic E-state index is 12.1. The summed E-state index contributed by atoms with van der Waals surface area (Å²) in [5, 5.41) is 7.67. The van der Waals surface area contributed by atoms with E-state index < -0.39 is 0 Å². The molecular formula is C15H18ClN3O2. The molecule has 0 spiro atoms. The fourth-order valence-electron chi connectivity index (χ4n) is 1.90. The number of hydrogen-bond acceptors (Lipinski definition) is 3. The summed E-state index contributed by atoms with van der Waals surface area (Å²) in [7, 11) is 0. The second kappa shape index (κ2) is 6.18. The Morgan fingerprint density at radius 2 is 1.90 bits per heavy atom. The van der Waals surface area contributed by atoms with E-state index in [0.717, 1.165) is 0 Å². The van der Waals surface area contributed by atoms with E-state index in [1.165, 1.54) is 4.68 Å². The van der Waals surface area contributed by atoms with Crippen LogP contribution in [0.3, 0.4) is 0 Å². The fourth-order valence-corrected chi connectivity index (χ4v) is 2.03. The van der Waals surface area contributed by atoms with E-state index in [4.69, 9.17) is 16.3 Å². The molecule has 21 heavy (non-hydrogen) atoms. The van der Waals surface area contributed by atoms with E-state index >= 15 is 0 Å². The Kier molecular flexibility index (Phi) is 4.53. The standard InChI is InChI=1S/C15H18ClN3O2/c1-9(2)17-15(20)19-11(4)14(10(3)18-19)21-13-7-5-12(16)6-8-13/h5-9H,1-4H3,(H,17,20). The van der Waals surface area contributed by atoms with Crippen LogP contribution in [0.5, 0.6) is 11.5 Å². The van der Waals surface area contributed by atoms with Crippen molar-refractivity contribution in [3.8, 4) is 11.5 Å². The minimum absolute atomic E-state index is 0.0436. The molecule has 1 amide bonds. The lowest BCUT2D eigenvalue weighted by molar-refractivity contribution is 0.236. The summed E-state index contributed by atoms with van der Waals surface area (Å²) in [5.41, 5.74) is 1.31. The quantitative estimate of drug-likeness (QED) is 0.935. The smallest absolute Gasteiger partial charge is 0.342 e. The molecule has 1 heterocycles. The molecule has 5 nitrogen and oxygen atoms in total. The number of nitrogens with zero attached hydrogens (tertiary/aromatic N) is 2. The van der Waals surface area contributed by atoms with Crippen LogP contribution in [0.15, 0.2) is 24.3 Å². The van der Waals surface area contributed by atoms with Crippen molar-refractivity contribution in [2.45, 2.75) is 33.7 Å². The number of rotatable bonds is 3. The number of ether oxygens (including phenoxy) is 1. The highest BCUT2D eigenvalue weighted by Crippen LogP contribution is 2.29. The summed E-state index contributed by atoms with van der Waals surface area (Å²) in [4.78, 5) is 12.1. The number of amides is 1. The average Bonchev–Trinajstić information content (AvgIpc) is 2.68. The zero-order valence-corrected chi connectivity index (χ0v) is 13.2. The van der Waals surface area contributed by atoms with Crippen LogP contribution in [0.25, 0.3) is 0 Å². The van der Waals surface area contributed by atoms with Crippen LogP contribution in [0.1, 0.15) is 25.2 Å². The van der Waals surface area contributed by atoms with Gasteiger partial charge in [-0.15, -0.1) is 0 Å². The number of hydrogen-bond donors (Lipinski definition) is 1. The Hall–Kier alpha value is -2.01. The van der Waals surface area contributed by atoms with E-state index in [9.17, 15) is 4.79 Å². The van der Waals surface area contributed by atoms with Gasteiger partial charge in [0.25, 0.3) is 0 Å². The first-order chi connectivity index (χ1) is 9.88. The van der Waals surface area contributed by atoms with E-state index in [0.29, 0.717) is 27.9 Å². The van der Waals surface area contributed by atoms with Gasteiger partial charge in [0.15, 0.2) is 5.75 Å². The maximum Gasteiger partial charge on any atom is 0.342 e. The molecule has 0 bridgehead atoms. The molecule has 1 aromatic carbocycles. The number of aryl methyl sites for hydroxylation is 1. The molecule has 2 rings (SSSR count). The average molecular weight is 308 g/mol. The molecule has 0 radical (unpaired) electrons. The van der Waals surface area contributed by atoms with Gasteiger partial charge in [0.05, 0.1) is 5.69 Å². The molecule has 1 aromatic heterocycles. The van der Waals surface area contributed by atoms with Gasteiger partial charge in [-0.1, -0.05) is 11.6 Å². The molecular weight excluding hydrogens is 290 g/mol. The minimum atomic E-state index is -0.267. The van der Waals surface area contributed by atoms with E-state index in [2.05, 4.69) is 10.4 Å². The van der Waals surface area contributed by atoms with Crippen LogP contribution in [-0.2, 0) is 0 Å². The zero-order chi connectivity index (χ0) is 15.6. The Balaban J connectivity index is 2.27. The molecule has 112 valence electrons. The Morgan fingerprint density at radius 1 is 1.29 bits per heavy atom. The predicted octanol–water partition coefficient (Wildman–Crippen LogP) is 3.91. The van der Waals surface area contributed by atoms with Gasteiger partial charge >= 0.3 is 6.03 Å². The molecule has 6 heteroatoms. The summed E-state index contributed by atoms with van der Waals surface area (Å²) in [6.45, 7) is 7.39. The van der Waals surface area contributed by atoms with E-state index in [-0.39, 0.29) is 12.1 Å². The highest BCUT2D eigenvalue weighted by molar-refractivity contribution is 6.30. The summed E-state index contributed by atoms with van der Waals surface area (Å²) < 4.78 is 7.13. The van der Waals surface area contributed by atoms with Crippen LogP contribution < -0.4 is 10.1 Å². The number of nitrogens with one attached hydrogen (secondary N) is 1. The Labute approximate surface area is 128 Å². The first kappa shape index (κ1) is 15.4. The summed E-state index contributed by atoms with van der Waals surface area (Å²) >= 11 is 5.85. The minimum Gasteiger partial charge on any atom is -0.453 e. The molecule has 0 saturated carbocycles. The number of carbonyl (C=O) groups is 1. The summed E-state index contributed by atoms with van der Waals surface area (Å²) in [6, 6.07) is 6.81. The molecule has 0 aliphatic heterocycles. The van der Waals surface area contributed by atoms with Crippen molar-refractivity contribution < 1.29 is 9.53 Å². The molecule has 0 unspecified atom stereocenters. The topological polar surface area (TPSA) is 56.2 Å². The molecule has 0 aliphatic carbocycles. The van der Waals surface area contributed by atoms with Crippen molar-refractivity contribution in [3.63, 3.8) is 0 Å². The van der Waals surface area contributed by atoms with Gasteiger partial charge in [-0.05, 0) is 52.0 Å². The van der Waals surface area contributed by atoms with Crippen molar-refractivity contribution in [3.05, 3.63) is 40.7 Å². The monoisotopic (exact) mass is 307 g/mol. The van der Waals surface area contributed by atoms with Gasteiger partial charge < -0.3 is 10.1 Å². The Morgan fingerprint density at radius 3 is 2.48 bits per heavy atom. The van der Waals surface area contributed by atoms with Crippen LogP contribution >= 0.6 is 11.6 Å². The second-order valence-corrected chi connectivity index (χ2v) is 5.51. The van der Waals surface area contributed by atoms with Crippen LogP contribution in [-0.4, -0.2) is 21.9 Å². The second-order valence-electron chi connectivity index (χ2n) is 5.07. The molecule has 0 atom stereocenters. The predicted molar refractivity (Wildman–Crippen MR) is 82.3 cm³/mol. The fraction of sp³-hybridized carbons (Fsp3) is 0.333. The van der Waals surface area contributed by atoms with Gasteiger partial charge in [-0.3, -0.25) is 0 Å². The van der Waals surface area contributed by atoms with Gasteiger partial charge in [0.2, 0.25) is 0 Å². The third kappa shape index (κ3) is 3.55. The molecule has 0 aliphatic rings. The van der Waals surface area contributed by atoms with Crippen LogP contribution in [0.4, 0.5) is 4.79 Å². The normalized spacial score (nSPS) is 10.8. The van der Waals surface area contributed by atoms with Crippen LogP contribution in [0.2, 0.25) is 5.02 Å². The largest absolute Gasteiger partial charge is 0.453 e.